The largest absolute Gasteiger partial charge is 0.370 e. The van der Waals surface area contributed by atoms with Gasteiger partial charge in [0.25, 0.3) is 0 Å². The minimum absolute atomic E-state index is 1.10. The third-order valence-corrected chi connectivity index (χ3v) is 2.87. The van der Waals surface area contributed by atoms with Gasteiger partial charge in [0, 0.05) is 18.8 Å². The maximum Gasteiger partial charge on any atom is 0.0552 e. The summed E-state index contributed by atoms with van der Waals surface area (Å²) in [6.07, 6.45) is 7.42. The highest BCUT2D eigenvalue weighted by atomic mass is 15.1. The van der Waals surface area contributed by atoms with Gasteiger partial charge in [0.1, 0.15) is 0 Å². The Morgan fingerprint density at radius 1 is 1.07 bits per heavy atom. The zero-order valence-corrected chi connectivity index (χ0v) is 8.87. The molecule has 0 saturated carbocycles. The van der Waals surface area contributed by atoms with Crippen LogP contribution in [0.5, 0.6) is 0 Å². The number of anilines is 1. The normalized spacial score (nSPS) is 17.9. The van der Waals surface area contributed by atoms with E-state index in [0.29, 0.717) is 0 Å². The van der Waals surface area contributed by atoms with Crippen molar-refractivity contribution in [3.8, 4) is 0 Å². The van der Waals surface area contributed by atoms with Crippen LogP contribution in [0.2, 0.25) is 0 Å². The van der Waals surface area contributed by atoms with E-state index in [4.69, 9.17) is 0 Å². The van der Waals surface area contributed by atoms with Crippen molar-refractivity contribution in [1.82, 2.24) is 4.98 Å². The minimum atomic E-state index is 1.10. The molecule has 1 aromatic rings. The molecule has 0 unspecified atom stereocenters. The molecule has 1 saturated heterocycles. The summed E-state index contributed by atoms with van der Waals surface area (Å²) < 4.78 is 0. The van der Waals surface area contributed by atoms with Crippen molar-refractivity contribution in [3.63, 3.8) is 0 Å². The molecule has 0 spiro atoms. The first-order valence-electron chi connectivity index (χ1n) is 5.54. The van der Waals surface area contributed by atoms with Gasteiger partial charge in [0.05, 0.1) is 11.9 Å². The molecule has 0 N–H and O–H groups in total. The Kier molecular flexibility index (Phi) is 3.02. The highest BCUT2D eigenvalue weighted by Gasteiger charge is 2.09. The molecule has 2 rings (SSSR count). The molecular formula is C12H18N2. The fourth-order valence-corrected chi connectivity index (χ4v) is 1.98. The van der Waals surface area contributed by atoms with E-state index in [1.807, 2.05) is 13.1 Å². The van der Waals surface area contributed by atoms with Crippen LogP contribution in [-0.4, -0.2) is 18.1 Å². The van der Waals surface area contributed by atoms with Gasteiger partial charge in [-0.2, -0.15) is 0 Å². The fraction of sp³-hybridized carbons (Fsp3) is 0.583. The molecule has 0 amide bonds. The zero-order chi connectivity index (χ0) is 9.80. The molecule has 0 aliphatic carbocycles. The Bertz CT molecular complexity index is 271. The fourth-order valence-electron chi connectivity index (χ4n) is 1.98. The summed E-state index contributed by atoms with van der Waals surface area (Å²) in [4.78, 5) is 6.80. The lowest BCUT2D eigenvalue weighted by atomic mass is 10.2. The van der Waals surface area contributed by atoms with Gasteiger partial charge in [-0.3, -0.25) is 4.98 Å². The Labute approximate surface area is 86.0 Å². The van der Waals surface area contributed by atoms with E-state index in [9.17, 15) is 0 Å². The van der Waals surface area contributed by atoms with Crippen molar-refractivity contribution in [3.05, 3.63) is 24.0 Å². The number of pyridine rings is 1. The predicted octanol–water partition coefficient (Wildman–Crippen LogP) is 2.77. The summed E-state index contributed by atoms with van der Waals surface area (Å²) >= 11 is 0. The molecule has 2 heterocycles. The van der Waals surface area contributed by atoms with E-state index in [0.717, 1.165) is 5.69 Å². The van der Waals surface area contributed by atoms with Gasteiger partial charge < -0.3 is 4.90 Å². The van der Waals surface area contributed by atoms with Crippen molar-refractivity contribution in [1.29, 1.82) is 0 Å². The standard InChI is InChI=1S/C12H18N2/c1-11-6-7-12(10-13-11)14-8-4-2-3-5-9-14/h6-7,10H,2-5,8-9H2,1H3. The first kappa shape index (κ1) is 9.50. The van der Waals surface area contributed by atoms with Crippen LogP contribution in [0.1, 0.15) is 31.4 Å². The van der Waals surface area contributed by atoms with Crippen LogP contribution in [0.15, 0.2) is 18.3 Å². The zero-order valence-electron chi connectivity index (χ0n) is 8.87. The first-order chi connectivity index (χ1) is 6.86. The lowest BCUT2D eigenvalue weighted by Crippen LogP contribution is -2.23. The topological polar surface area (TPSA) is 16.1 Å². The van der Waals surface area contributed by atoms with Crippen LogP contribution in [0.25, 0.3) is 0 Å². The highest BCUT2D eigenvalue weighted by molar-refractivity contribution is 5.44. The van der Waals surface area contributed by atoms with Gasteiger partial charge >= 0.3 is 0 Å². The van der Waals surface area contributed by atoms with Crippen molar-refractivity contribution in [2.24, 2.45) is 0 Å². The van der Waals surface area contributed by atoms with Crippen LogP contribution < -0.4 is 4.90 Å². The molecule has 1 aliphatic heterocycles. The van der Waals surface area contributed by atoms with Crippen molar-refractivity contribution < 1.29 is 0 Å². The van der Waals surface area contributed by atoms with Gasteiger partial charge in [-0.1, -0.05) is 12.8 Å². The number of hydrogen-bond acceptors (Lipinski definition) is 2. The molecule has 2 heteroatoms. The lowest BCUT2D eigenvalue weighted by Gasteiger charge is -2.22. The molecule has 14 heavy (non-hydrogen) atoms. The van der Waals surface area contributed by atoms with E-state index in [2.05, 4.69) is 22.0 Å². The quantitative estimate of drug-likeness (QED) is 0.677. The Balaban J connectivity index is 2.08. The SMILES string of the molecule is Cc1ccc(N2CCCCCC2)cn1. The smallest absolute Gasteiger partial charge is 0.0552 e. The van der Waals surface area contributed by atoms with Crippen LogP contribution in [0.3, 0.4) is 0 Å². The number of rotatable bonds is 1. The summed E-state index contributed by atoms with van der Waals surface area (Å²) in [5.74, 6) is 0. The predicted molar refractivity (Wildman–Crippen MR) is 59.7 cm³/mol. The minimum Gasteiger partial charge on any atom is -0.370 e. The maximum atomic E-state index is 4.34. The number of hydrogen-bond donors (Lipinski definition) is 0. The van der Waals surface area contributed by atoms with Gasteiger partial charge in [0.2, 0.25) is 0 Å². The molecule has 1 aliphatic rings. The third kappa shape index (κ3) is 2.25. The highest BCUT2D eigenvalue weighted by Crippen LogP contribution is 2.18. The van der Waals surface area contributed by atoms with Crippen LogP contribution in [-0.2, 0) is 0 Å². The molecule has 0 bridgehead atoms. The monoisotopic (exact) mass is 190 g/mol. The second kappa shape index (κ2) is 4.45. The number of aromatic nitrogens is 1. The maximum absolute atomic E-state index is 4.34. The van der Waals surface area contributed by atoms with E-state index in [1.54, 1.807) is 0 Å². The molecule has 76 valence electrons. The van der Waals surface area contributed by atoms with Crippen LogP contribution in [0, 0.1) is 6.92 Å². The van der Waals surface area contributed by atoms with Crippen molar-refractivity contribution in [2.45, 2.75) is 32.6 Å². The summed E-state index contributed by atoms with van der Waals surface area (Å²) in [5, 5.41) is 0. The van der Waals surface area contributed by atoms with Gasteiger partial charge in [-0.25, -0.2) is 0 Å². The Morgan fingerprint density at radius 3 is 2.36 bits per heavy atom. The van der Waals surface area contributed by atoms with Gasteiger partial charge in [-0.05, 0) is 31.9 Å². The number of aryl methyl sites for hydroxylation is 1. The molecule has 1 fully saturated rings. The molecule has 0 atom stereocenters. The van der Waals surface area contributed by atoms with E-state index in [1.165, 1.54) is 44.5 Å². The molecule has 0 aromatic carbocycles. The van der Waals surface area contributed by atoms with E-state index < -0.39 is 0 Å². The van der Waals surface area contributed by atoms with E-state index in [-0.39, 0.29) is 0 Å². The second-order valence-corrected chi connectivity index (χ2v) is 4.06. The van der Waals surface area contributed by atoms with Crippen LogP contribution >= 0.6 is 0 Å². The Hall–Kier alpha value is -1.05. The average molecular weight is 190 g/mol. The van der Waals surface area contributed by atoms with E-state index >= 15 is 0 Å². The average Bonchev–Trinajstić information content (AvgIpc) is 2.47. The summed E-state index contributed by atoms with van der Waals surface area (Å²) in [6, 6.07) is 4.29. The number of nitrogens with zero attached hydrogens (tertiary/aromatic N) is 2. The third-order valence-electron chi connectivity index (χ3n) is 2.87. The van der Waals surface area contributed by atoms with Crippen LogP contribution in [0.4, 0.5) is 5.69 Å². The van der Waals surface area contributed by atoms with Crippen molar-refractivity contribution in [2.75, 3.05) is 18.0 Å². The van der Waals surface area contributed by atoms with Gasteiger partial charge in [-0.15, -0.1) is 0 Å². The second-order valence-electron chi connectivity index (χ2n) is 4.06. The Morgan fingerprint density at radius 2 is 1.79 bits per heavy atom. The molecule has 0 radical (unpaired) electrons. The lowest BCUT2D eigenvalue weighted by molar-refractivity contribution is 0.726. The van der Waals surface area contributed by atoms with Crippen molar-refractivity contribution >= 4 is 5.69 Å². The molecule has 2 nitrogen and oxygen atoms in total. The molecule has 1 aromatic heterocycles. The summed E-state index contributed by atoms with van der Waals surface area (Å²) in [5.41, 5.74) is 2.39. The summed E-state index contributed by atoms with van der Waals surface area (Å²) in [6.45, 7) is 4.43. The first-order valence-corrected chi connectivity index (χ1v) is 5.54. The van der Waals surface area contributed by atoms with Gasteiger partial charge in [0.15, 0.2) is 0 Å². The molecular weight excluding hydrogens is 172 g/mol. The summed E-state index contributed by atoms with van der Waals surface area (Å²) in [7, 11) is 0.